The maximum Gasteiger partial charge on any atom is 0.318 e. The number of likely N-dealkylation sites (N-methyl/N-ethyl adjacent to an activating group) is 1. The molecule has 0 saturated heterocycles. The molecule has 25 heavy (non-hydrogen) atoms. The normalized spacial score (nSPS) is 14.0. The van der Waals surface area contributed by atoms with Crippen LogP contribution in [0.1, 0.15) is 11.3 Å². The second-order valence-corrected chi connectivity index (χ2v) is 5.83. The predicted octanol–water partition coefficient (Wildman–Crippen LogP) is 1.90. The number of hydrogen-bond acceptors (Lipinski definition) is 4. The second-order valence-electron chi connectivity index (χ2n) is 5.83. The molecule has 2 heterocycles. The molecule has 2 amide bonds. The summed E-state index contributed by atoms with van der Waals surface area (Å²) in [6.07, 6.45) is 3.58. The van der Waals surface area contributed by atoms with Gasteiger partial charge in [-0.3, -0.25) is 5.10 Å². The molecule has 7 heteroatoms. The molecular weight excluding hydrogens is 316 g/mol. The molecule has 1 aliphatic rings. The minimum absolute atomic E-state index is 0.114. The van der Waals surface area contributed by atoms with Gasteiger partial charge in [-0.15, -0.1) is 0 Å². The van der Waals surface area contributed by atoms with Gasteiger partial charge in [-0.05, 0) is 6.08 Å². The number of hydrogen-bond donors (Lipinski definition) is 4. The number of benzene rings is 1. The molecule has 7 nitrogen and oxygen atoms in total. The number of amides is 2. The third-order valence-electron chi connectivity index (χ3n) is 4.30. The van der Waals surface area contributed by atoms with E-state index in [1.807, 2.05) is 30.3 Å². The van der Waals surface area contributed by atoms with E-state index >= 15 is 0 Å². The fourth-order valence-electron chi connectivity index (χ4n) is 2.92. The van der Waals surface area contributed by atoms with Crippen LogP contribution in [-0.2, 0) is 13.0 Å². The number of carbonyl (C=O) groups excluding carboxylic acids is 1. The lowest BCUT2D eigenvalue weighted by molar-refractivity contribution is 0.193. The largest absolute Gasteiger partial charge is 0.390 e. The first-order valence-electron chi connectivity index (χ1n) is 8.24. The summed E-state index contributed by atoms with van der Waals surface area (Å²) in [7, 11) is 1.77. The van der Waals surface area contributed by atoms with E-state index < -0.39 is 0 Å². The summed E-state index contributed by atoms with van der Waals surface area (Å²) < 4.78 is 0. The average molecular weight is 338 g/mol. The molecule has 1 aromatic carbocycles. The van der Waals surface area contributed by atoms with Crippen LogP contribution >= 0.6 is 0 Å². The van der Waals surface area contributed by atoms with Crippen molar-refractivity contribution < 1.29 is 4.79 Å². The summed E-state index contributed by atoms with van der Waals surface area (Å²) in [5.41, 5.74) is 4.93. The van der Waals surface area contributed by atoms with E-state index in [0.29, 0.717) is 19.6 Å². The van der Waals surface area contributed by atoms with Gasteiger partial charge in [-0.25, -0.2) is 4.79 Å². The highest BCUT2D eigenvalue weighted by Gasteiger charge is 2.25. The molecule has 0 bridgehead atoms. The maximum atomic E-state index is 12.5. The molecule has 0 spiro atoms. The van der Waals surface area contributed by atoms with Crippen molar-refractivity contribution in [2.45, 2.75) is 13.0 Å². The number of carbonyl (C=O) groups is 1. The number of nitrogens with zero attached hydrogens (tertiary/aromatic N) is 2. The molecule has 0 atom stereocenters. The summed E-state index contributed by atoms with van der Waals surface area (Å²) >= 11 is 0. The minimum atomic E-state index is -0.114. The zero-order valence-corrected chi connectivity index (χ0v) is 14.2. The van der Waals surface area contributed by atoms with Crippen LogP contribution in [0, 0.1) is 5.41 Å². The molecule has 1 aromatic heterocycles. The van der Waals surface area contributed by atoms with Crippen LogP contribution in [-0.4, -0.2) is 47.5 Å². The van der Waals surface area contributed by atoms with Crippen LogP contribution in [0.3, 0.4) is 0 Å². The molecule has 2 aromatic rings. The Morgan fingerprint density at radius 3 is 2.92 bits per heavy atom. The van der Waals surface area contributed by atoms with Gasteiger partial charge >= 0.3 is 6.03 Å². The molecule has 0 fully saturated rings. The predicted molar refractivity (Wildman–Crippen MR) is 97.5 cm³/mol. The lowest BCUT2D eigenvalue weighted by atomic mass is 10.0. The Morgan fingerprint density at radius 2 is 2.20 bits per heavy atom. The Bertz CT molecular complexity index is 780. The van der Waals surface area contributed by atoms with Crippen molar-refractivity contribution in [2.75, 3.05) is 20.1 Å². The third kappa shape index (κ3) is 3.71. The van der Waals surface area contributed by atoms with Gasteiger partial charge in [0, 0.05) is 48.7 Å². The number of rotatable bonds is 5. The fourth-order valence-corrected chi connectivity index (χ4v) is 2.92. The van der Waals surface area contributed by atoms with Gasteiger partial charge in [0.15, 0.2) is 0 Å². The summed E-state index contributed by atoms with van der Waals surface area (Å²) in [5, 5.41) is 20.5. The SMILES string of the molecule is CN/C(=C\C=N)CNC(=O)N1CCc2[nH]nc(-c3ccccc3)c2C1. The molecule has 0 unspecified atom stereocenters. The van der Waals surface area contributed by atoms with Crippen molar-refractivity contribution in [2.24, 2.45) is 0 Å². The second kappa shape index (κ2) is 7.65. The first-order chi connectivity index (χ1) is 12.2. The summed E-state index contributed by atoms with van der Waals surface area (Å²) in [5.74, 6) is 0. The van der Waals surface area contributed by atoms with E-state index in [1.165, 1.54) is 6.21 Å². The van der Waals surface area contributed by atoms with Crippen LogP contribution in [0.2, 0.25) is 0 Å². The first kappa shape index (κ1) is 16.8. The van der Waals surface area contributed by atoms with Crippen LogP contribution in [0.5, 0.6) is 0 Å². The summed E-state index contributed by atoms with van der Waals surface area (Å²) in [6, 6.07) is 9.88. The number of fused-ring (bicyclic) bond motifs is 1. The summed E-state index contributed by atoms with van der Waals surface area (Å²) in [4.78, 5) is 14.3. The molecule has 4 N–H and O–H groups in total. The van der Waals surface area contributed by atoms with Gasteiger partial charge in [0.1, 0.15) is 0 Å². The smallest absolute Gasteiger partial charge is 0.318 e. The van der Waals surface area contributed by atoms with Crippen LogP contribution in [0.25, 0.3) is 11.3 Å². The molecule has 130 valence electrons. The number of nitrogens with one attached hydrogen (secondary N) is 4. The first-order valence-corrected chi connectivity index (χ1v) is 8.24. The van der Waals surface area contributed by atoms with Crippen molar-refractivity contribution in [1.29, 1.82) is 5.41 Å². The van der Waals surface area contributed by atoms with E-state index in [1.54, 1.807) is 18.0 Å². The number of aromatic amines is 1. The third-order valence-corrected chi connectivity index (χ3v) is 4.30. The van der Waals surface area contributed by atoms with Crippen molar-refractivity contribution in [3.8, 4) is 11.3 Å². The Balaban J connectivity index is 1.70. The molecule has 0 saturated carbocycles. The van der Waals surface area contributed by atoms with E-state index in [2.05, 4.69) is 20.8 Å². The maximum absolute atomic E-state index is 12.5. The van der Waals surface area contributed by atoms with Gasteiger partial charge in [-0.2, -0.15) is 5.10 Å². The monoisotopic (exact) mass is 338 g/mol. The van der Waals surface area contributed by atoms with Crippen LogP contribution in [0.15, 0.2) is 42.1 Å². The van der Waals surface area contributed by atoms with E-state index in [-0.39, 0.29) is 6.03 Å². The lowest BCUT2D eigenvalue weighted by Crippen LogP contribution is -2.44. The molecular formula is C18H22N6O. The standard InChI is InChI=1S/C18H22N6O/c1-20-14(7-9-19)11-21-18(25)24-10-8-16-15(12-24)17(23-22-16)13-5-3-2-4-6-13/h2-7,9,19-20H,8,10-12H2,1H3,(H,21,25)(H,22,23)/b14-7-,19-9?. The Labute approximate surface area is 146 Å². The van der Waals surface area contributed by atoms with Crippen molar-refractivity contribution in [3.05, 3.63) is 53.4 Å². The molecule has 0 radical (unpaired) electrons. The fraction of sp³-hybridized carbons (Fsp3) is 0.278. The van der Waals surface area contributed by atoms with E-state index in [0.717, 1.165) is 34.6 Å². The topological polar surface area (TPSA) is 96.9 Å². The van der Waals surface area contributed by atoms with E-state index in [4.69, 9.17) is 5.41 Å². The zero-order chi connectivity index (χ0) is 17.6. The number of allylic oxidation sites excluding steroid dienone is 1. The zero-order valence-electron chi connectivity index (χ0n) is 14.2. The lowest BCUT2D eigenvalue weighted by Gasteiger charge is -2.27. The Morgan fingerprint density at radius 1 is 1.40 bits per heavy atom. The van der Waals surface area contributed by atoms with Crippen LogP contribution in [0.4, 0.5) is 4.79 Å². The van der Waals surface area contributed by atoms with E-state index in [9.17, 15) is 4.79 Å². The van der Waals surface area contributed by atoms with Crippen molar-refractivity contribution >= 4 is 12.2 Å². The van der Waals surface area contributed by atoms with Gasteiger partial charge in [0.2, 0.25) is 0 Å². The minimum Gasteiger partial charge on any atom is -0.390 e. The average Bonchev–Trinajstić information content (AvgIpc) is 3.08. The molecule has 0 aliphatic carbocycles. The van der Waals surface area contributed by atoms with Gasteiger partial charge in [0.05, 0.1) is 18.8 Å². The highest BCUT2D eigenvalue weighted by atomic mass is 16.2. The Hall–Kier alpha value is -3.09. The number of aromatic nitrogens is 2. The van der Waals surface area contributed by atoms with Crippen molar-refractivity contribution in [1.82, 2.24) is 25.7 Å². The number of urea groups is 1. The molecule has 3 rings (SSSR count). The summed E-state index contributed by atoms with van der Waals surface area (Å²) in [6.45, 7) is 1.55. The highest BCUT2D eigenvalue weighted by molar-refractivity contribution is 5.76. The number of H-pyrrole nitrogens is 1. The van der Waals surface area contributed by atoms with Gasteiger partial charge in [-0.1, -0.05) is 30.3 Å². The van der Waals surface area contributed by atoms with Gasteiger partial charge < -0.3 is 20.9 Å². The van der Waals surface area contributed by atoms with Crippen molar-refractivity contribution in [3.63, 3.8) is 0 Å². The Kier molecular flexibility index (Phi) is 5.13. The van der Waals surface area contributed by atoms with Crippen LogP contribution < -0.4 is 10.6 Å². The highest BCUT2D eigenvalue weighted by Crippen LogP contribution is 2.28. The molecule has 1 aliphatic heterocycles. The quantitative estimate of drug-likeness (QED) is 0.627. The van der Waals surface area contributed by atoms with Gasteiger partial charge in [0.25, 0.3) is 0 Å².